The van der Waals surface area contributed by atoms with Crippen molar-refractivity contribution in [1.29, 1.82) is 0 Å². The topological polar surface area (TPSA) is 71.0 Å². The van der Waals surface area contributed by atoms with E-state index in [1.165, 1.54) is 0 Å². The molecule has 0 aromatic heterocycles. The molecule has 0 bridgehead atoms. The Bertz CT molecular complexity index is 373. The quantitative estimate of drug-likeness (QED) is 0.737. The minimum Gasteiger partial charge on any atom is -0.493 e. The van der Waals surface area contributed by atoms with E-state index < -0.39 is 6.10 Å². The first kappa shape index (κ1) is 14.1. The molecule has 0 amide bonds. The summed E-state index contributed by atoms with van der Waals surface area (Å²) in [4.78, 5) is 0. The largest absolute Gasteiger partial charge is 0.493 e. The second kappa shape index (κ2) is 6.68. The van der Waals surface area contributed by atoms with Gasteiger partial charge in [0.05, 0.1) is 32.6 Å². The van der Waals surface area contributed by atoms with Crippen LogP contribution in [0.5, 0.6) is 11.5 Å². The van der Waals surface area contributed by atoms with E-state index in [0.29, 0.717) is 11.5 Å². The lowest BCUT2D eigenvalue weighted by Crippen LogP contribution is -2.23. The van der Waals surface area contributed by atoms with Crippen LogP contribution in [0.4, 0.5) is 5.69 Å². The molecule has 0 aliphatic heterocycles. The van der Waals surface area contributed by atoms with Gasteiger partial charge in [-0.05, 0) is 15.9 Å². The van der Waals surface area contributed by atoms with Crippen LogP contribution in [0.15, 0.2) is 16.6 Å². The van der Waals surface area contributed by atoms with Crippen molar-refractivity contribution in [2.24, 2.45) is 0 Å². The normalized spacial score (nSPS) is 12.1. The van der Waals surface area contributed by atoms with E-state index in [9.17, 15) is 5.11 Å². The van der Waals surface area contributed by atoms with Crippen molar-refractivity contribution in [3.8, 4) is 11.5 Å². The number of aliphatic hydroxyl groups excluding tert-OH is 2. The standard InChI is InChI=1S/C11H16BrNO4/c1-16-10-3-8(12)9(4-11(10)17-2)13-5-7(15)6-14/h3-4,7,13-15H,5-6H2,1-2H3. The zero-order valence-electron chi connectivity index (χ0n) is 9.74. The van der Waals surface area contributed by atoms with Gasteiger partial charge in [-0.2, -0.15) is 0 Å². The van der Waals surface area contributed by atoms with Crippen LogP contribution < -0.4 is 14.8 Å². The van der Waals surface area contributed by atoms with Crippen LogP contribution in [0.3, 0.4) is 0 Å². The third-order valence-corrected chi connectivity index (χ3v) is 2.87. The Kier molecular flexibility index (Phi) is 5.54. The minimum absolute atomic E-state index is 0.255. The van der Waals surface area contributed by atoms with Gasteiger partial charge in [0.25, 0.3) is 0 Å². The van der Waals surface area contributed by atoms with Gasteiger partial charge in [0.15, 0.2) is 11.5 Å². The fourth-order valence-corrected chi connectivity index (χ4v) is 1.74. The van der Waals surface area contributed by atoms with Crippen LogP contribution in [0.2, 0.25) is 0 Å². The molecule has 5 nitrogen and oxygen atoms in total. The lowest BCUT2D eigenvalue weighted by molar-refractivity contribution is 0.105. The molecule has 6 heteroatoms. The van der Waals surface area contributed by atoms with Gasteiger partial charge in [0, 0.05) is 23.2 Å². The lowest BCUT2D eigenvalue weighted by Gasteiger charge is -2.15. The summed E-state index contributed by atoms with van der Waals surface area (Å²) in [5, 5.41) is 21.0. The van der Waals surface area contributed by atoms with E-state index >= 15 is 0 Å². The van der Waals surface area contributed by atoms with E-state index in [1.807, 2.05) is 0 Å². The number of hydrogen-bond donors (Lipinski definition) is 3. The Morgan fingerprint density at radius 3 is 2.41 bits per heavy atom. The summed E-state index contributed by atoms with van der Waals surface area (Å²) >= 11 is 3.38. The van der Waals surface area contributed by atoms with Crippen molar-refractivity contribution in [1.82, 2.24) is 0 Å². The summed E-state index contributed by atoms with van der Waals surface area (Å²) in [6.07, 6.45) is -0.796. The van der Waals surface area contributed by atoms with Gasteiger partial charge in [0.2, 0.25) is 0 Å². The van der Waals surface area contributed by atoms with Gasteiger partial charge < -0.3 is 25.0 Å². The number of halogens is 1. The summed E-state index contributed by atoms with van der Waals surface area (Å²) in [6.45, 7) is -0.0253. The Balaban J connectivity index is 2.85. The fourth-order valence-electron chi connectivity index (χ4n) is 1.28. The Morgan fingerprint density at radius 2 is 1.88 bits per heavy atom. The molecule has 1 atom stereocenters. The Hall–Kier alpha value is -0.980. The molecule has 96 valence electrons. The maximum atomic E-state index is 9.25. The molecule has 1 aromatic carbocycles. The molecular formula is C11H16BrNO4. The molecule has 0 spiro atoms. The average Bonchev–Trinajstić information content (AvgIpc) is 2.36. The van der Waals surface area contributed by atoms with Crippen molar-refractivity contribution in [3.63, 3.8) is 0 Å². The van der Waals surface area contributed by atoms with Crippen LogP contribution in [0.1, 0.15) is 0 Å². The van der Waals surface area contributed by atoms with Crippen molar-refractivity contribution in [2.75, 3.05) is 32.7 Å². The van der Waals surface area contributed by atoms with E-state index in [-0.39, 0.29) is 13.2 Å². The molecule has 1 aromatic rings. The summed E-state index contributed by atoms with van der Waals surface area (Å²) < 4.78 is 11.1. The minimum atomic E-state index is -0.796. The molecular weight excluding hydrogens is 290 g/mol. The number of hydrogen-bond acceptors (Lipinski definition) is 5. The summed E-state index contributed by atoms with van der Waals surface area (Å²) in [7, 11) is 3.12. The average molecular weight is 306 g/mol. The predicted molar refractivity (Wildman–Crippen MR) is 68.8 cm³/mol. The van der Waals surface area contributed by atoms with E-state index in [1.54, 1.807) is 26.4 Å². The second-order valence-electron chi connectivity index (χ2n) is 3.40. The highest BCUT2D eigenvalue weighted by Gasteiger charge is 2.10. The molecule has 0 saturated heterocycles. The smallest absolute Gasteiger partial charge is 0.162 e. The first-order valence-corrected chi connectivity index (χ1v) is 5.86. The summed E-state index contributed by atoms with van der Waals surface area (Å²) in [5.74, 6) is 1.21. The number of ether oxygens (including phenoxy) is 2. The predicted octanol–water partition coefficient (Wildman–Crippen LogP) is 1.23. The molecule has 0 heterocycles. The number of nitrogens with one attached hydrogen (secondary N) is 1. The fraction of sp³-hybridized carbons (Fsp3) is 0.455. The van der Waals surface area contributed by atoms with E-state index in [4.69, 9.17) is 14.6 Å². The summed E-state index contributed by atoms with van der Waals surface area (Å²) in [5.41, 5.74) is 0.759. The number of methoxy groups -OCH3 is 2. The highest BCUT2D eigenvalue weighted by molar-refractivity contribution is 9.10. The van der Waals surface area contributed by atoms with E-state index in [2.05, 4.69) is 21.2 Å². The second-order valence-corrected chi connectivity index (χ2v) is 4.26. The maximum Gasteiger partial charge on any atom is 0.162 e. The molecule has 17 heavy (non-hydrogen) atoms. The molecule has 0 aliphatic rings. The Morgan fingerprint density at radius 1 is 1.29 bits per heavy atom. The number of rotatable bonds is 6. The van der Waals surface area contributed by atoms with Crippen LogP contribution in [0, 0.1) is 0 Å². The first-order valence-electron chi connectivity index (χ1n) is 5.06. The maximum absolute atomic E-state index is 9.25. The molecule has 1 rings (SSSR count). The van der Waals surface area contributed by atoms with Crippen LogP contribution in [-0.4, -0.2) is 43.7 Å². The highest BCUT2D eigenvalue weighted by atomic mass is 79.9. The SMILES string of the molecule is COc1cc(Br)c(NCC(O)CO)cc1OC. The zero-order chi connectivity index (χ0) is 12.8. The van der Waals surface area contributed by atoms with Gasteiger partial charge >= 0.3 is 0 Å². The highest BCUT2D eigenvalue weighted by Crippen LogP contribution is 2.36. The van der Waals surface area contributed by atoms with Crippen LogP contribution >= 0.6 is 15.9 Å². The third-order valence-electron chi connectivity index (χ3n) is 2.21. The van der Waals surface area contributed by atoms with Gasteiger partial charge in [-0.15, -0.1) is 0 Å². The van der Waals surface area contributed by atoms with Crippen molar-refractivity contribution >= 4 is 21.6 Å². The molecule has 0 saturated carbocycles. The van der Waals surface area contributed by atoms with Gasteiger partial charge in [-0.25, -0.2) is 0 Å². The molecule has 3 N–H and O–H groups in total. The third kappa shape index (κ3) is 3.76. The first-order chi connectivity index (χ1) is 8.12. The summed E-state index contributed by atoms with van der Waals surface area (Å²) in [6, 6.07) is 3.53. The van der Waals surface area contributed by atoms with Crippen molar-refractivity contribution < 1.29 is 19.7 Å². The molecule has 0 radical (unpaired) electrons. The lowest BCUT2D eigenvalue weighted by atomic mass is 10.2. The van der Waals surface area contributed by atoms with Gasteiger partial charge in [-0.1, -0.05) is 0 Å². The van der Waals surface area contributed by atoms with Crippen molar-refractivity contribution in [3.05, 3.63) is 16.6 Å². The number of benzene rings is 1. The van der Waals surface area contributed by atoms with Crippen LogP contribution in [0.25, 0.3) is 0 Å². The molecule has 0 fully saturated rings. The van der Waals surface area contributed by atoms with E-state index in [0.717, 1.165) is 10.2 Å². The van der Waals surface area contributed by atoms with Gasteiger partial charge in [0.1, 0.15) is 0 Å². The number of anilines is 1. The van der Waals surface area contributed by atoms with Crippen LogP contribution in [-0.2, 0) is 0 Å². The number of aliphatic hydroxyl groups is 2. The van der Waals surface area contributed by atoms with Gasteiger partial charge in [-0.3, -0.25) is 0 Å². The molecule has 0 aliphatic carbocycles. The molecule has 1 unspecified atom stereocenters. The zero-order valence-corrected chi connectivity index (χ0v) is 11.3. The Labute approximate surface area is 108 Å². The van der Waals surface area contributed by atoms with Crippen molar-refractivity contribution in [2.45, 2.75) is 6.10 Å². The monoisotopic (exact) mass is 305 g/mol.